The monoisotopic (exact) mass is 269 g/mol. The van der Waals surface area contributed by atoms with Gasteiger partial charge in [-0.25, -0.2) is 0 Å². The van der Waals surface area contributed by atoms with Gasteiger partial charge in [0.15, 0.2) is 0 Å². The third kappa shape index (κ3) is 5.59. The number of carbonyl (C=O) groups is 2. The van der Waals surface area contributed by atoms with Crippen molar-refractivity contribution >= 4 is 11.8 Å². The normalized spacial score (nSPS) is 19.6. The lowest BCUT2D eigenvalue weighted by atomic mass is 9.96. The Balaban J connectivity index is 2.40. The minimum atomic E-state index is -0.0664. The highest BCUT2D eigenvalue weighted by molar-refractivity contribution is 5.81. The summed E-state index contributed by atoms with van der Waals surface area (Å²) in [6.45, 7) is 6.55. The smallest absolute Gasteiger partial charge is 0.224 e. The number of nitrogens with two attached hydrogens (primary N) is 1. The molecule has 1 rings (SSSR count). The molecule has 1 atom stereocenters. The third-order valence-corrected chi connectivity index (χ3v) is 3.52. The third-order valence-electron chi connectivity index (χ3n) is 3.52. The second-order valence-electron chi connectivity index (χ2n) is 5.69. The Morgan fingerprint density at radius 1 is 1.42 bits per heavy atom. The van der Waals surface area contributed by atoms with Crippen LogP contribution in [0.2, 0.25) is 0 Å². The van der Waals surface area contributed by atoms with Crippen LogP contribution in [0.1, 0.15) is 39.5 Å². The zero-order valence-corrected chi connectivity index (χ0v) is 12.2. The number of nitrogens with zero attached hydrogens (tertiary/aromatic N) is 1. The highest BCUT2D eigenvalue weighted by atomic mass is 16.2. The van der Waals surface area contributed by atoms with Gasteiger partial charge in [-0.15, -0.1) is 0 Å². The average molecular weight is 269 g/mol. The molecule has 1 fully saturated rings. The van der Waals surface area contributed by atoms with Gasteiger partial charge in [-0.2, -0.15) is 0 Å². The SMILES string of the molecule is CC(C)CCC(=O)N1CCCC(C(=O)NCCN)C1. The van der Waals surface area contributed by atoms with Crippen molar-refractivity contribution < 1.29 is 9.59 Å². The number of carbonyl (C=O) groups excluding carboxylic acids is 2. The van der Waals surface area contributed by atoms with Gasteiger partial charge >= 0.3 is 0 Å². The summed E-state index contributed by atoms with van der Waals surface area (Å²) in [5, 5.41) is 2.81. The fourth-order valence-corrected chi connectivity index (χ4v) is 2.33. The molecule has 1 aliphatic heterocycles. The summed E-state index contributed by atoms with van der Waals surface area (Å²) in [7, 11) is 0. The van der Waals surface area contributed by atoms with Gasteiger partial charge in [0.1, 0.15) is 0 Å². The van der Waals surface area contributed by atoms with Crippen LogP contribution in [-0.4, -0.2) is 42.9 Å². The molecule has 0 aromatic carbocycles. The van der Waals surface area contributed by atoms with Crippen LogP contribution < -0.4 is 11.1 Å². The molecule has 1 heterocycles. The first-order chi connectivity index (χ1) is 9.04. The standard InChI is InChI=1S/C14H27N3O2/c1-11(2)5-6-13(18)17-9-3-4-12(10-17)14(19)16-8-7-15/h11-12H,3-10,15H2,1-2H3,(H,16,19). The number of hydrogen-bond donors (Lipinski definition) is 2. The number of hydrogen-bond acceptors (Lipinski definition) is 3. The van der Waals surface area contributed by atoms with Crippen LogP contribution in [0.4, 0.5) is 0 Å². The lowest BCUT2D eigenvalue weighted by Crippen LogP contribution is -2.46. The van der Waals surface area contributed by atoms with Crippen molar-refractivity contribution in [1.29, 1.82) is 0 Å². The van der Waals surface area contributed by atoms with E-state index < -0.39 is 0 Å². The summed E-state index contributed by atoms with van der Waals surface area (Å²) in [6, 6.07) is 0. The molecule has 0 radical (unpaired) electrons. The van der Waals surface area contributed by atoms with Crippen molar-refractivity contribution in [2.45, 2.75) is 39.5 Å². The zero-order chi connectivity index (χ0) is 14.3. The summed E-state index contributed by atoms with van der Waals surface area (Å²) >= 11 is 0. The Bertz CT molecular complexity index is 305. The van der Waals surface area contributed by atoms with Gasteiger partial charge in [0.2, 0.25) is 11.8 Å². The molecule has 110 valence electrons. The van der Waals surface area contributed by atoms with Crippen LogP contribution in [-0.2, 0) is 9.59 Å². The molecule has 0 aliphatic carbocycles. The van der Waals surface area contributed by atoms with Crippen LogP contribution in [0.3, 0.4) is 0 Å². The average Bonchev–Trinajstić information content (AvgIpc) is 2.42. The molecule has 5 nitrogen and oxygen atoms in total. The molecule has 19 heavy (non-hydrogen) atoms. The zero-order valence-electron chi connectivity index (χ0n) is 12.2. The van der Waals surface area contributed by atoms with Gasteiger partial charge in [0, 0.05) is 32.6 Å². The molecular formula is C14H27N3O2. The minimum absolute atomic E-state index is 0.0341. The van der Waals surface area contributed by atoms with E-state index in [1.807, 2.05) is 4.90 Å². The van der Waals surface area contributed by atoms with Crippen molar-refractivity contribution in [3.63, 3.8) is 0 Å². The first-order valence-corrected chi connectivity index (χ1v) is 7.30. The van der Waals surface area contributed by atoms with Crippen molar-refractivity contribution in [1.82, 2.24) is 10.2 Å². The lowest BCUT2D eigenvalue weighted by Gasteiger charge is -2.32. The maximum absolute atomic E-state index is 12.1. The van der Waals surface area contributed by atoms with Gasteiger partial charge in [0.05, 0.1) is 5.92 Å². The summed E-state index contributed by atoms with van der Waals surface area (Å²) in [6.07, 6.45) is 3.28. The van der Waals surface area contributed by atoms with E-state index in [-0.39, 0.29) is 17.7 Å². The minimum Gasteiger partial charge on any atom is -0.355 e. The molecule has 0 saturated carbocycles. The molecule has 0 bridgehead atoms. The van der Waals surface area contributed by atoms with Crippen molar-refractivity contribution in [3.05, 3.63) is 0 Å². The van der Waals surface area contributed by atoms with E-state index >= 15 is 0 Å². The van der Waals surface area contributed by atoms with Gasteiger partial charge in [-0.1, -0.05) is 13.8 Å². The molecule has 5 heteroatoms. The summed E-state index contributed by atoms with van der Waals surface area (Å²) in [4.78, 5) is 25.8. The lowest BCUT2D eigenvalue weighted by molar-refractivity contribution is -0.135. The first-order valence-electron chi connectivity index (χ1n) is 7.30. The number of amides is 2. The Hall–Kier alpha value is -1.10. The van der Waals surface area contributed by atoms with Gasteiger partial charge in [-0.3, -0.25) is 9.59 Å². The van der Waals surface area contributed by atoms with E-state index in [1.54, 1.807) is 0 Å². The fourth-order valence-electron chi connectivity index (χ4n) is 2.33. The van der Waals surface area contributed by atoms with Crippen LogP contribution in [0.5, 0.6) is 0 Å². The molecule has 2 amide bonds. The first kappa shape index (κ1) is 16.0. The van der Waals surface area contributed by atoms with E-state index in [1.165, 1.54) is 0 Å². The van der Waals surface area contributed by atoms with Crippen molar-refractivity contribution in [2.24, 2.45) is 17.6 Å². The van der Waals surface area contributed by atoms with Gasteiger partial charge < -0.3 is 16.0 Å². The molecule has 0 aromatic heterocycles. The van der Waals surface area contributed by atoms with E-state index in [2.05, 4.69) is 19.2 Å². The van der Waals surface area contributed by atoms with Gasteiger partial charge in [-0.05, 0) is 25.2 Å². The summed E-state index contributed by atoms with van der Waals surface area (Å²) in [5.74, 6) is 0.692. The van der Waals surface area contributed by atoms with E-state index in [4.69, 9.17) is 5.73 Å². The van der Waals surface area contributed by atoms with Crippen LogP contribution >= 0.6 is 0 Å². The highest BCUT2D eigenvalue weighted by Gasteiger charge is 2.27. The summed E-state index contributed by atoms with van der Waals surface area (Å²) in [5.41, 5.74) is 5.37. The molecule has 0 aromatic rings. The molecule has 0 spiro atoms. The Morgan fingerprint density at radius 3 is 2.79 bits per heavy atom. The second-order valence-corrected chi connectivity index (χ2v) is 5.69. The Kier molecular flexibility index (Phi) is 6.84. The molecule has 1 saturated heterocycles. The Morgan fingerprint density at radius 2 is 2.16 bits per heavy atom. The van der Waals surface area contributed by atoms with Gasteiger partial charge in [0.25, 0.3) is 0 Å². The van der Waals surface area contributed by atoms with Crippen LogP contribution in [0.15, 0.2) is 0 Å². The van der Waals surface area contributed by atoms with E-state index in [0.29, 0.717) is 32.0 Å². The molecular weight excluding hydrogens is 242 g/mol. The maximum Gasteiger partial charge on any atom is 0.224 e. The molecule has 1 unspecified atom stereocenters. The van der Waals surface area contributed by atoms with E-state index in [0.717, 1.165) is 25.8 Å². The Labute approximate surface area is 115 Å². The second kappa shape index (κ2) is 8.15. The highest BCUT2D eigenvalue weighted by Crippen LogP contribution is 2.18. The van der Waals surface area contributed by atoms with Crippen molar-refractivity contribution in [2.75, 3.05) is 26.2 Å². The largest absolute Gasteiger partial charge is 0.355 e. The quantitative estimate of drug-likeness (QED) is 0.746. The number of nitrogens with one attached hydrogen (secondary N) is 1. The number of likely N-dealkylation sites (tertiary alicyclic amines) is 1. The molecule has 3 N–H and O–H groups in total. The van der Waals surface area contributed by atoms with Crippen molar-refractivity contribution in [3.8, 4) is 0 Å². The fraction of sp³-hybridized carbons (Fsp3) is 0.857. The summed E-state index contributed by atoms with van der Waals surface area (Å²) < 4.78 is 0. The van der Waals surface area contributed by atoms with E-state index in [9.17, 15) is 9.59 Å². The predicted molar refractivity (Wildman–Crippen MR) is 75.4 cm³/mol. The predicted octanol–water partition coefficient (Wildman–Crippen LogP) is 0.736. The topological polar surface area (TPSA) is 75.4 Å². The number of piperidine rings is 1. The van der Waals surface area contributed by atoms with Crippen LogP contribution in [0, 0.1) is 11.8 Å². The maximum atomic E-state index is 12.1. The molecule has 1 aliphatic rings. The van der Waals surface area contributed by atoms with Crippen LogP contribution in [0.25, 0.3) is 0 Å². The number of rotatable bonds is 6.